The Morgan fingerprint density at radius 3 is 2.63 bits per heavy atom. The molecule has 5 heteroatoms. The van der Waals surface area contributed by atoms with E-state index in [1.54, 1.807) is 12.1 Å². The molecule has 0 saturated heterocycles. The Morgan fingerprint density at radius 1 is 1.42 bits per heavy atom. The predicted octanol–water partition coefficient (Wildman–Crippen LogP) is 3.15. The first-order valence-electron chi connectivity index (χ1n) is 6.27. The minimum absolute atomic E-state index is 0.0590. The molecule has 0 unspecified atom stereocenters. The van der Waals surface area contributed by atoms with Crippen molar-refractivity contribution >= 4 is 11.5 Å². The van der Waals surface area contributed by atoms with Crippen LogP contribution < -0.4 is 4.74 Å². The van der Waals surface area contributed by atoms with Gasteiger partial charge in [-0.05, 0) is 24.0 Å². The van der Waals surface area contributed by atoms with Crippen molar-refractivity contribution in [1.82, 2.24) is 0 Å². The van der Waals surface area contributed by atoms with Crippen molar-refractivity contribution in [3.05, 3.63) is 33.9 Å². The van der Waals surface area contributed by atoms with Crippen LogP contribution in [0, 0.1) is 16.0 Å². The molecule has 0 amide bonds. The fraction of sp³-hybridized carbons (Fsp3) is 0.500. The number of ether oxygens (including phenoxy) is 1. The molecule has 1 rings (SSSR count). The van der Waals surface area contributed by atoms with Crippen molar-refractivity contribution in [2.75, 3.05) is 7.11 Å². The first kappa shape index (κ1) is 15.1. The number of nitro groups is 1. The Morgan fingerprint density at radius 2 is 2.11 bits per heavy atom. The van der Waals surface area contributed by atoms with E-state index < -0.39 is 4.92 Å². The molecule has 0 radical (unpaired) electrons. The number of aryl methyl sites for hydroxylation is 1. The Labute approximate surface area is 112 Å². The lowest BCUT2D eigenvalue weighted by Crippen LogP contribution is -2.04. The molecule has 0 aliphatic rings. The van der Waals surface area contributed by atoms with Crippen molar-refractivity contribution in [3.63, 3.8) is 0 Å². The van der Waals surface area contributed by atoms with Gasteiger partial charge in [-0.2, -0.15) is 0 Å². The molecule has 1 aromatic rings. The zero-order chi connectivity index (χ0) is 14.4. The molecule has 19 heavy (non-hydrogen) atoms. The lowest BCUT2D eigenvalue weighted by molar-refractivity contribution is -0.385. The van der Waals surface area contributed by atoms with Crippen LogP contribution in [0.1, 0.15) is 32.3 Å². The zero-order valence-electron chi connectivity index (χ0n) is 11.5. The Kier molecular flexibility index (Phi) is 5.48. The maximum absolute atomic E-state index is 11.6. The number of nitro benzene ring substituents is 1. The quantitative estimate of drug-likeness (QED) is 0.561. The van der Waals surface area contributed by atoms with E-state index in [-0.39, 0.29) is 17.2 Å². The second-order valence-electron chi connectivity index (χ2n) is 4.90. The molecule has 104 valence electrons. The van der Waals surface area contributed by atoms with Gasteiger partial charge in [0.1, 0.15) is 5.78 Å². The van der Waals surface area contributed by atoms with E-state index >= 15 is 0 Å². The molecule has 0 bridgehead atoms. The first-order chi connectivity index (χ1) is 8.93. The van der Waals surface area contributed by atoms with Crippen LogP contribution in [0.5, 0.6) is 5.75 Å². The summed E-state index contributed by atoms with van der Waals surface area (Å²) in [5, 5.41) is 10.9. The molecule has 0 spiro atoms. The number of methoxy groups -OCH3 is 1. The average molecular weight is 265 g/mol. The summed E-state index contributed by atoms with van der Waals surface area (Å²) in [4.78, 5) is 22.0. The van der Waals surface area contributed by atoms with E-state index in [2.05, 4.69) is 0 Å². The van der Waals surface area contributed by atoms with Gasteiger partial charge in [0.25, 0.3) is 0 Å². The monoisotopic (exact) mass is 265 g/mol. The largest absolute Gasteiger partial charge is 0.490 e. The number of carbonyl (C=O) groups is 1. The van der Waals surface area contributed by atoms with Crippen LogP contribution in [-0.4, -0.2) is 17.8 Å². The summed E-state index contributed by atoms with van der Waals surface area (Å²) in [6.45, 7) is 3.99. The number of ketones is 1. The molecular formula is C14H19NO4. The second-order valence-corrected chi connectivity index (χ2v) is 4.90. The minimum atomic E-state index is -0.474. The lowest BCUT2D eigenvalue weighted by atomic mass is 10.0. The summed E-state index contributed by atoms with van der Waals surface area (Å²) in [7, 11) is 1.40. The van der Waals surface area contributed by atoms with Gasteiger partial charge in [-0.25, -0.2) is 0 Å². The number of Topliss-reactive ketones (excluding diaryl/α,β-unsaturated/α-hetero) is 1. The SMILES string of the molecule is COc1ccc(CCC(=O)CC(C)C)cc1[N+](=O)[O-]. The van der Waals surface area contributed by atoms with Crippen LogP contribution in [-0.2, 0) is 11.2 Å². The molecule has 5 nitrogen and oxygen atoms in total. The molecule has 0 N–H and O–H groups in total. The van der Waals surface area contributed by atoms with Crippen LogP contribution in [0.15, 0.2) is 18.2 Å². The number of nitrogens with zero attached hydrogens (tertiary/aromatic N) is 1. The summed E-state index contributed by atoms with van der Waals surface area (Å²) >= 11 is 0. The Hall–Kier alpha value is -1.91. The van der Waals surface area contributed by atoms with E-state index in [0.29, 0.717) is 25.2 Å². The van der Waals surface area contributed by atoms with Gasteiger partial charge in [-0.15, -0.1) is 0 Å². The van der Waals surface area contributed by atoms with Gasteiger partial charge < -0.3 is 4.74 Å². The van der Waals surface area contributed by atoms with Crippen molar-refractivity contribution in [1.29, 1.82) is 0 Å². The van der Waals surface area contributed by atoms with Gasteiger partial charge in [0, 0.05) is 18.9 Å². The zero-order valence-corrected chi connectivity index (χ0v) is 11.5. The Balaban J connectivity index is 2.72. The lowest BCUT2D eigenvalue weighted by Gasteiger charge is -2.06. The van der Waals surface area contributed by atoms with Crippen LogP contribution in [0.2, 0.25) is 0 Å². The van der Waals surface area contributed by atoms with Gasteiger partial charge in [0.05, 0.1) is 12.0 Å². The summed E-state index contributed by atoms with van der Waals surface area (Å²) < 4.78 is 4.93. The van der Waals surface area contributed by atoms with Gasteiger partial charge in [-0.3, -0.25) is 14.9 Å². The van der Waals surface area contributed by atoms with Gasteiger partial charge in [0.2, 0.25) is 0 Å². The summed E-state index contributed by atoms with van der Waals surface area (Å²) in [6.07, 6.45) is 1.50. The molecule has 0 saturated carbocycles. The van der Waals surface area contributed by atoms with Crippen molar-refractivity contribution < 1.29 is 14.5 Å². The number of hydrogen-bond acceptors (Lipinski definition) is 4. The smallest absolute Gasteiger partial charge is 0.311 e. The van der Waals surface area contributed by atoms with E-state index in [0.717, 1.165) is 5.56 Å². The first-order valence-corrected chi connectivity index (χ1v) is 6.27. The maximum Gasteiger partial charge on any atom is 0.311 e. The normalized spacial score (nSPS) is 10.5. The van der Waals surface area contributed by atoms with E-state index in [1.165, 1.54) is 13.2 Å². The van der Waals surface area contributed by atoms with Gasteiger partial charge >= 0.3 is 5.69 Å². The molecule has 0 aliphatic heterocycles. The summed E-state index contributed by atoms with van der Waals surface area (Å²) in [5.41, 5.74) is 0.723. The molecule has 0 aromatic heterocycles. The third kappa shape index (κ3) is 4.69. The highest BCUT2D eigenvalue weighted by Gasteiger charge is 2.15. The van der Waals surface area contributed by atoms with E-state index in [9.17, 15) is 14.9 Å². The highest BCUT2D eigenvalue weighted by molar-refractivity contribution is 5.78. The average Bonchev–Trinajstić information content (AvgIpc) is 2.35. The topological polar surface area (TPSA) is 69.4 Å². The van der Waals surface area contributed by atoms with Crippen LogP contribution >= 0.6 is 0 Å². The van der Waals surface area contributed by atoms with Crippen LogP contribution in [0.3, 0.4) is 0 Å². The third-order valence-corrected chi connectivity index (χ3v) is 2.77. The predicted molar refractivity (Wildman–Crippen MR) is 72.4 cm³/mol. The highest BCUT2D eigenvalue weighted by atomic mass is 16.6. The molecule has 1 aromatic carbocycles. The number of carbonyl (C=O) groups excluding carboxylic acids is 1. The van der Waals surface area contributed by atoms with E-state index in [1.807, 2.05) is 13.8 Å². The Bertz CT molecular complexity index is 469. The summed E-state index contributed by atoms with van der Waals surface area (Å²) in [6, 6.07) is 4.80. The minimum Gasteiger partial charge on any atom is -0.490 e. The van der Waals surface area contributed by atoms with Crippen molar-refractivity contribution in [3.8, 4) is 5.75 Å². The highest BCUT2D eigenvalue weighted by Crippen LogP contribution is 2.28. The summed E-state index contributed by atoms with van der Waals surface area (Å²) in [5.74, 6) is 0.772. The van der Waals surface area contributed by atoms with Gasteiger partial charge in [0.15, 0.2) is 5.75 Å². The van der Waals surface area contributed by atoms with Crippen molar-refractivity contribution in [2.24, 2.45) is 5.92 Å². The fourth-order valence-electron chi connectivity index (χ4n) is 1.87. The van der Waals surface area contributed by atoms with Crippen molar-refractivity contribution in [2.45, 2.75) is 33.1 Å². The van der Waals surface area contributed by atoms with Crippen LogP contribution in [0.4, 0.5) is 5.69 Å². The number of benzene rings is 1. The fourth-order valence-corrected chi connectivity index (χ4v) is 1.87. The molecule has 0 fully saturated rings. The maximum atomic E-state index is 11.6. The molecule has 0 aliphatic carbocycles. The number of hydrogen-bond donors (Lipinski definition) is 0. The molecular weight excluding hydrogens is 246 g/mol. The van der Waals surface area contributed by atoms with Gasteiger partial charge in [-0.1, -0.05) is 19.9 Å². The standard InChI is InChI=1S/C14H19NO4/c1-10(2)8-12(16)6-4-11-5-7-14(19-3)13(9-11)15(17)18/h5,7,9-10H,4,6,8H2,1-3H3. The molecule has 0 heterocycles. The number of rotatable bonds is 7. The molecule has 0 atom stereocenters. The second kappa shape index (κ2) is 6.87. The van der Waals surface area contributed by atoms with Crippen LogP contribution in [0.25, 0.3) is 0 Å². The third-order valence-electron chi connectivity index (χ3n) is 2.77. The van der Waals surface area contributed by atoms with E-state index in [4.69, 9.17) is 4.74 Å².